The van der Waals surface area contributed by atoms with Gasteiger partial charge in [-0.05, 0) is 6.58 Å². The standard InChI is InChI=1S/C2H2F2.Ni/c1-2(3)4;/h1H2;. The van der Waals surface area contributed by atoms with Crippen molar-refractivity contribution in [3.8, 4) is 0 Å². The second kappa shape index (κ2) is 4.09. The Hall–Kier alpha value is 0.0935. The number of hydrogen-bond acceptors (Lipinski definition) is 0. The van der Waals surface area contributed by atoms with Gasteiger partial charge in [0.05, 0.1) is 0 Å². The Labute approximate surface area is 38.8 Å². The second-order valence-electron chi connectivity index (χ2n) is 0.339. The molecular weight excluding hydrogens is 121 g/mol. The monoisotopic (exact) mass is 122 g/mol. The van der Waals surface area contributed by atoms with Gasteiger partial charge in [-0.25, -0.2) is 0 Å². The maximum atomic E-state index is 10.1. The molecule has 0 aliphatic carbocycles. The minimum Gasteiger partial charge on any atom is -0.174 e. The second-order valence-corrected chi connectivity index (χ2v) is 0.339. The summed E-state index contributed by atoms with van der Waals surface area (Å²) in [6.45, 7) is 2.22. The van der Waals surface area contributed by atoms with Crippen molar-refractivity contribution in [3.05, 3.63) is 12.7 Å². The van der Waals surface area contributed by atoms with Crippen LogP contribution >= 0.6 is 0 Å². The van der Waals surface area contributed by atoms with Crippen LogP contribution in [0.1, 0.15) is 0 Å². The van der Waals surface area contributed by atoms with E-state index in [4.69, 9.17) is 0 Å². The summed E-state index contributed by atoms with van der Waals surface area (Å²) in [6.07, 6.45) is -1.83. The number of halogens is 2. The molecule has 0 aromatic heterocycles. The molecule has 0 saturated carbocycles. The first-order chi connectivity index (χ1) is 1.73. The normalized spacial score (nSPS) is 5.20. The fraction of sp³-hybridized carbons (Fsp3) is 0. The molecule has 0 fully saturated rings. The Bertz CT molecular complexity index is 30.6. The van der Waals surface area contributed by atoms with E-state index in [0.29, 0.717) is 0 Å². The third-order valence-corrected chi connectivity index (χ3v) is 0. The summed E-state index contributed by atoms with van der Waals surface area (Å²) in [5.41, 5.74) is 0. The Morgan fingerprint density at radius 2 is 1.40 bits per heavy atom. The molecule has 0 spiro atoms. The predicted octanol–water partition coefficient (Wildman–Crippen LogP) is 1.39. The van der Waals surface area contributed by atoms with Gasteiger partial charge < -0.3 is 0 Å². The Morgan fingerprint density at radius 3 is 1.40 bits per heavy atom. The molecule has 0 aromatic rings. The molecule has 0 aliphatic heterocycles. The minimum absolute atomic E-state index is 0. The van der Waals surface area contributed by atoms with Crippen molar-refractivity contribution in [2.45, 2.75) is 0 Å². The maximum absolute atomic E-state index is 10.1. The van der Waals surface area contributed by atoms with Gasteiger partial charge in [0.25, 0.3) is 6.08 Å². The summed E-state index contributed by atoms with van der Waals surface area (Å²) < 4.78 is 20.3. The molecule has 0 amide bonds. The summed E-state index contributed by atoms with van der Waals surface area (Å²) in [5, 5.41) is 0. The molecular formula is C2H2F2Ni. The maximum Gasteiger partial charge on any atom is 0.263 e. The van der Waals surface area contributed by atoms with Gasteiger partial charge in [0, 0.05) is 16.5 Å². The van der Waals surface area contributed by atoms with Crippen LogP contribution in [0, 0.1) is 0 Å². The van der Waals surface area contributed by atoms with Crippen LogP contribution in [0.25, 0.3) is 0 Å². The average Bonchev–Trinajstić information content (AvgIpc) is 0.811. The third kappa shape index (κ3) is 2050. The van der Waals surface area contributed by atoms with Gasteiger partial charge in [0.2, 0.25) is 0 Å². The molecule has 0 nitrogen and oxygen atoms in total. The van der Waals surface area contributed by atoms with Gasteiger partial charge in [-0.2, -0.15) is 8.78 Å². The summed E-state index contributed by atoms with van der Waals surface area (Å²) in [6, 6.07) is 0. The van der Waals surface area contributed by atoms with Crippen molar-refractivity contribution < 1.29 is 25.3 Å². The Balaban J connectivity index is 0. The summed E-state index contributed by atoms with van der Waals surface area (Å²) >= 11 is 0. The van der Waals surface area contributed by atoms with Crippen LogP contribution in [-0.2, 0) is 16.5 Å². The smallest absolute Gasteiger partial charge is 0.174 e. The van der Waals surface area contributed by atoms with E-state index in [9.17, 15) is 8.78 Å². The van der Waals surface area contributed by atoms with E-state index >= 15 is 0 Å². The molecule has 0 atom stereocenters. The van der Waals surface area contributed by atoms with E-state index in [1.54, 1.807) is 0 Å². The first kappa shape index (κ1) is 8.92. The molecule has 0 unspecified atom stereocenters. The predicted molar refractivity (Wildman–Crippen MR) is 11.4 cm³/mol. The number of rotatable bonds is 0. The van der Waals surface area contributed by atoms with E-state index in [1.165, 1.54) is 0 Å². The minimum atomic E-state index is -1.83. The molecule has 34 valence electrons. The Kier molecular flexibility index (Phi) is 7.30. The van der Waals surface area contributed by atoms with Crippen molar-refractivity contribution in [1.29, 1.82) is 0 Å². The zero-order valence-corrected chi connectivity index (χ0v) is 3.27. The topological polar surface area (TPSA) is 0 Å². The molecule has 0 aliphatic rings. The van der Waals surface area contributed by atoms with Crippen molar-refractivity contribution in [2.75, 3.05) is 0 Å². The third-order valence-electron chi connectivity index (χ3n) is 0. The van der Waals surface area contributed by atoms with E-state index < -0.39 is 6.08 Å². The van der Waals surface area contributed by atoms with Gasteiger partial charge in [-0.15, -0.1) is 0 Å². The van der Waals surface area contributed by atoms with Crippen molar-refractivity contribution in [3.63, 3.8) is 0 Å². The van der Waals surface area contributed by atoms with Crippen LogP contribution in [0.4, 0.5) is 8.78 Å². The first-order valence-electron chi connectivity index (χ1n) is 0.732. The van der Waals surface area contributed by atoms with Crippen molar-refractivity contribution >= 4 is 0 Å². The average molecular weight is 123 g/mol. The summed E-state index contributed by atoms with van der Waals surface area (Å²) in [7, 11) is 0. The first-order valence-corrected chi connectivity index (χ1v) is 0.732. The molecule has 0 radical (unpaired) electrons. The summed E-state index contributed by atoms with van der Waals surface area (Å²) in [4.78, 5) is 0. The van der Waals surface area contributed by atoms with Crippen LogP contribution in [0.2, 0.25) is 0 Å². The van der Waals surface area contributed by atoms with Crippen LogP contribution in [0.5, 0.6) is 0 Å². The molecule has 0 N–H and O–H groups in total. The molecule has 5 heavy (non-hydrogen) atoms. The van der Waals surface area contributed by atoms with Crippen LogP contribution in [-0.4, -0.2) is 0 Å². The molecule has 3 heteroatoms. The fourth-order valence-corrected chi connectivity index (χ4v) is 0. The largest absolute Gasteiger partial charge is 0.263 e. The molecule has 0 aromatic carbocycles. The SMILES string of the molecule is C=C(F)F.[Ni]. The van der Waals surface area contributed by atoms with Gasteiger partial charge in [-0.1, -0.05) is 0 Å². The van der Waals surface area contributed by atoms with Crippen molar-refractivity contribution in [1.82, 2.24) is 0 Å². The zero-order valence-electron chi connectivity index (χ0n) is 2.28. The van der Waals surface area contributed by atoms with E-state index in [1.807, 2.05) is 0 Å². The van der Waals surface area contributed by atoms with Crippen LogP contribution < -0.4 is 0 Å². The molecule has 0 heterocycles. The molecule has 0 bridgehead atoms. The summed E-state index contributed by atoms with van der Waals surface area (Å²) in [5.74, 6) is 0. The van der Waals surface area contributed by atoms with Crippen LogP contribution in [0.15, 0.2) is 12.7 Å². The van der Waals surface area contributed by atoms with E-state index in [-0.39, 0.29) is 16.5 Å². The molecule has 0 saturated heterocycles. The van der Waals surface area contributed by atoms with Gasteiger partial charge in [0.15, 0.2) is 0 Å². The Morgan fingerprint density at radius 1 is 1.40 bits per heavy atom. The van der Waals surface area contributed by atoms with Crippen molar-refractivity contribution in [2.24, 2.45) is 0 Å². The van der Waals surface area contributed by atoms with Gasteiger partial charge in [0.1, 0.15) is 0 Å². The van der Waals surface area contributed by atoms with Crippen LogP contribution in [0.3, 0.4) is 0 Å². The molecule has 0 rings (SSSR count). The van der Waals surface area contributed by atoms with E-state index in [0.717, 1.165) is 0 Å². The zero-order chi connectivity index (χ0) is 3.58. The number of hydrogen-bond donors (Lipinski definition) is 0. The quantitative estimate of drug-likeness (QED) is 0.426. The van der Waals surface area contributed by atoms with E-state index in [2.05, 4.69) is 6.58 Å². The van der Waals surface area contributed by atoms with Gasteiger partial charge >= 0.3 is 0 Å². The fourth-order valence-electron chi connectivity index (χ4n) is 0. The van der Waals surface area contributed by atoms with Gasteiger partial charge in [-0.3, -0.25) is 0 Å².